The fourth-order valence-electron chi connectivity index (χ4n) is 4.05. The van der Waals surface area contributed by atoms with Crippen molar-refractivity contribution in [3.63, 3.8) is 0 Å². The van der Waals surface area contributed by atoms with Gasteiger partial charge in [-0.15, -0.1) is 0 Å². The Morgan fingerprint density at radius 2 is 1.47 bits per heavy atom. The predicted octanol–water partition coefficient (Wildman–Crippen LogP) is 2.42. The fraction of sp³-hybridized carbons (Fsp3) is 0.160. The van der Waals surface area contributed by atoms with Crippen LogP contribution in [0.4, 0.5) is 5.69 Å². The third-order valence-corrected chi connectivity index (χ3v) is 7.32. The molecule has 0 saturated carbocycles. The van der Waals surface area contributed by atoms with Crippen molar-refractivity contribution in [2.24, 2.45) is 0 Å². The molecule has 1 N–H and O–H groups in total. The highest BCUT2D eigenvalue weighted by molar-refractivity contribution is 7.93. The minimum atomic E-state index is -3.89. The molecule has 0 bridgehead atoms. The molecule has 1 fully saturated rings. The summed E-state index contributed by atoms with van der Waals surface area (Å²) >= 11 is 0. The number of piperazine rings is 1. The quantitative estimate of drug-likeness (QED) is 0.444. The van der Waals surface area contributed by atoms with Crippen molar-refractivity contribution >= 4 is 38.4 Å². The van der Waals surface area contributed by atoms with Crippen LogP contribution in [-0.2, 0) is 10.0 Å². The Labute approximate surface area is 207 Å². The number of carbonyl (C=O) groups excluding carboxylic acids is 2. The third kappa shape index (κ3) is 4.73. The number of hydrogen-bond acceptors (Lipinski definition) is 7. The van der Waals surface area contributed by atoms with Gasteiger partial charge in [-0.2, -0.15) is 0 Å². The summed E-state index contributed by atoms with van der Waals surface area (Å²) in [7, 11) is -3.89. The normalized spacial score (nSPS) is 14.0. The maximum Gasteiger partial charge on any atom is 0.274 e. The van der Waals surface area contributed by atoms with Crippen LogP contribution in [0.15, 0.2) is 84.3 Å². The van der Waals surface area contributed by atoms with E-state index in [0.717, 1.165) is 5.39 Å². The zero-order valence-electron chi connectivity index (χ0n) is 19.1. The molecular formula is C25H22N6O4S. The number of rotatable bonds is 5. The summed E-state index contributed by atoms with van der Waals surface area (Å²) in [6.45, 7) is 1.54. The van der Waals surface area contributed by atoms with Gasteiger partial charge in [-0.3, -0.25) is 24.3 Å². The number of para-hydroxylation sites is 1. The number of hydrogen-bond donors (Lipinski definition) is 1. The molecule has 5 rings (SSSR count). The van der Waals surface area contributed by atoms with Crippen LogP contribution in [0.2, 0.25) is 0 Å². The summed E-state index contributed by atoms with van der Waals surface area (Å²) in [5, 5.41) is 0.722. The van der Waals surface area contributed by atoms with Crippen LogP contribution in [0.1, 0.15) is 20.8 Å². The lowest BCUT2D eigenvalue weighted by molar-refractivity contribution is 0.0532. The van der Waals surface area contributed by atoms with Gasteiger partial charge in [0.15, 0.2) is 0 Å². The lowest BCUT2D eigenvalue weighted by Crippen LogP contribution is -2.50. The van der Waals surface area contributed by atoms with Gasteiger partial charge >= 0.3 is 0 Å². The molecule has 10 nitrogen and oxygen atoms in total. The number of nitrogens with zero attached hydrogens (tertiary/aromatic N) is 5. The molecule has 1 saturated heterocycles. The number of anilines is 1. The average Bonchev–Trinajstić information content (AvgIpc) is 2.93. The maximum absolute atomic E-state index is 13.0. The van der Waals surface area contributed by atoms with Gasteiger partial charge in [-0.25, -0.2) is 13.4 Å². The van der Waals surface area contributed by atoms with E-state index in [2.05, 4.69) is 19.7 Å². The van der Waals surface area contributed by atoms with Gasteiger partial charge in [0, 0.05) is 61.4 Å². The first-order valence-corrected chi connectivity index (χ1v) is 12.7. The van der Waals surface area contributed by atoms with Gasteiger partial charge < -0.3 is 9.80 Å². The van der Waals surface area contributed by atoms with Gasteiger partial charge in [-0.05, 0) is 36.4 Å². The van der Waals surface area contributed by atoms with Crippen molar-refractivity contribution < 1.29 is 18.0 Å². The number of pyridine rings is 1. The molecule has 1 aliphatic rings. The topological polar surface area (TPSA) is 125 Å². The highest BCUT2D eigenvalue weighted by atomic mass is 32.2. The standard InChI is InChI=1S/C25H22N6O4S/c32-24(30-13-15-31(16-14-30)25(33)21-17-26-11-12-27-21)19-6-8-20(9-7-19)29-36(34,35)22-5-1-3-18-4-2-10-28-23(18)22/h1-12,17,29H,13-16H2. The second-order valence-electron chi connectivity index (χ2n) is 8.19. The molecule has 182 valence electrons. The van der Waals surface area contributed by atoms with Crippen molar-refractivity contribution in [1.82, 2.24) is 24.8 Å². The predicted molar refractivity (Wildman–Crippen MR) is 133 cm³/mol. The van der Waals surface area contributed by atoms with E-state index in [1.807, 2.05) is 0 Å². The molecule has 0 atom stereocenters. The number of aromatic nitrogens is 3. The van der Waals surface area contributed by atoms with Gasteiger partial charge in [0.1, 0.15) is 10.6 Å². The highest BCUT2D eigenvalue weighted by Gasteiger charge is 2.26. The average molecular weight is 503 g/mol. The van der Waals surface area contributed by atoms with Crippen LogP contribution >= 0.6 is 0 Å². The molecule has 2 amide bonds. The van der Waals surface area contributed by atoms with E-state index >= 15 is 0 Å². The lowest BCUT2D eigenvalue weighted by atomic mass is 10.1. The molecule has 1 aliphatic heterocycles. The molecule has 36 heavy (non-hydrogen) atoms. The van der Waals surface area contributed by atoms with Crippen molar-refractivity contribution in [2.45, 2.75) is 4.90 Å². The fourth-order valence-corrected chi connectivity index (χ4v) is 5.29. The Hall–Kier alpha value is -4.38. The van der Waals surface area contributed by atoms with Crippen molar-refractivity contribution in [3.05, 3.63) is 90.6 Å². The summed E-state index contributed by atoms with van der Waals surface area (Å²) in [5.41, 5.74) is 1.42. The Morgan fingerprint density at radius 1 is 0.778 bits per heavy atom. The molecule has 11 heteroatoms. The van der Waals surface area contributed by atoms with Gasteiger partial charge in [-0.1, -0.05) is 18.2 Å². The summed E-state index contributed by atoms with van der Waals surface area (Å²) in [6.07, 6.45) is 5.94. The number of fused-ring (bicyclic) bond motifs is 1. The minimum absolute atomic E-state index is 0.0784. The summed E-state index contributed by atoms with van der Waals surface area (Å²) < 4.78 is 28.6. The monoisotopic (exact) mass is 502 g/mol. The van der Waals surface area contributed by atoms with E-state index in [0.29, 0.717) is 42.9 Å². The highest BCUT2D eigenvalue weighted by Crippen LogP contribution is 2.23. The van der Waals surface area contributed by atoms with Gasteiger partial charge in [0.2, 0.25) is 0 Å². The van der Waals surface area contributed by atoms with Crippen LogP contribution in [-0.4, -0.2) is 71.2 Å². The number of sulfonamides is 1. The van der Waals surface area contributed by atoms with Crippen molar-refractivity contribution in [2.75, 3.05) is 30.9 Å². The Bertz CT molecular complexity index is 1510. The summed E-state index contributed by atoms with van der Waals surface area (Å²) in [4.78, 5) is 41.1. The number of amides is 2. The summed E-state index contributed by atoms with van der Waals surface area (Å²) in [6, 6.07) is 14.8. The number of nitrogens with one attached hydrogen (secondary N) is 1. The molecule has 4 aromatic rings. The van der Waals surface area contributed by atoms with Gasteiger partial charge in [0.25, 0.3) is 21.8 Å². The lowest BCUT2D eigenvalue weighted by Gasteiger charge is -2.34. The third-order valence-electron chi connectivity index (χ3n) is 5.91. The first kappa shape index (κ1) is 23.4. The summed E-state index contributed by atoms with van der Waals surface area (Å²) in [5.74, 6) is -0.400. The van der Waals surface area contributed by atoms with E-state index in [1.54, 1.807) is 64.5 Å². The minimum Gasteiger partial charge on any atom is -0.335 e. The van der Waals surface area contributed by atoms with Crippen LogP contribution in [0, 0.1) is 0 Å². The second-order valence-corrected chi connectivity index (χ2v) is 9.84. The van der Waals surface area contributed by atoms with E-state index < -0.39 is 10.0 Å². The maximum atomic E-state index is 13.0. The largest absolute Gasteiger partial charge is 0.335 e. The number of carbonyl (C=O) groups is 2. The second kappa shape index (κ2) is 9.70. The van der Waals surface area contributed by atoms with Crippen LogP contribution in [0.25, 0.3) is 10.9 Å². The first-order valence-electron chi connectivity index (χ1n) is 11.2. The van der Waals surface area contributed by atoms with Crippen molar-refractivity contribution in [3.8, 4) is 0 Å². The Morgan fingerprint density at radius 3 is 2.17 bits per heavy atom. The van der Waals surface area contributed by atoms with Crippen molar-refractivity contribution in [1.29, 1.82) is 0 Å². The molecule has 0 radical (unpaired) electrons. The SMILES string of the molecule is O=C(c1ccc(NS(=O)(=O)c2cccc3cccnc23)cc1)N1CCN(C(=O)c2cnccn2)CC1. The van der Waals surface area contributed by atoms with Crippen LogP contribution in [0.3, 0.4) is 0 Å². The van der Waals surface area contributed by atoms with E-state index in [9.17, 15) is 18.0 Å². The molecule has 2 aromatic carbocycles. The first-order chi connectivity index (χ1) is 17.4. The van der Waals surface area contributed by atoms with Crippen LogP contribution in [0.5, 0.6) is 0 Å². The Kier molecular flexibility index (Phi) is 6.30. The zero-order valence-corrected chi connectivity index (χ0v) is 19.9. The Balaban J connectivity index is 1.23. The molecule has 3 heterocycles. The molecular weight excluding hydrogens is 480 g/mol. The van der Waals surface area contributed by atoms with Gasteiger partial charge in [0.05, 0.1) is 11.7 Å². The van der Waals surface area contributed by atoms with E-state index in [-0.39, 0.29) is 22.4 Å². The molecule has 0 spiro atoms. The van der Waals surface area contributed by atoms with E-state index in [1.165, 1.54) is 24.7 Å². The van der Waals surface area contributed by atoms with E-state index in [4.69, 9.17) is 0 Å². The zero-order chi connectivity index (χ0) is 25.1. The van der Waals surface area contributed by atoms with Crippen LogP contribution < -0.4 is 4.72 Å². The molecule has 0 aliphatic carbocycles. The molecule has 0 unspecified atom stereocenters. The smallest absolute Gasteiger partial charge is 0.274 e. The molecule has 2 aromatic heterocycles. The number of benzene rings is 2.